The minimum atomic E-state index is -1.20. The molecule has 0 bridgehead atoms. The van der Waals surface area contributed by atoms with E-state index in [0.29, 0.717) is 0 Å². The molecule has 1 aliphatic heterocycles. The fourth-order valence-corrected chi connectivity index (χ4v) is 2.32. The summed E-state index contributed by atoms with van der Waals surface area (Å²) in [6.45, 7) is 5.48. The predicted octanol–water partition coefficient (Wildman–Crippen LogP) is 1.74. The van der Waals surface area contributed by atoms with Crippen LogP contribution < -0.4 is 0 Å². The molecule has 5 heteroatoms. The fraction of sp³-hybridized carbons (Fsp3) is 0.900. The number of thioether (sulfide) groups is 1. The van der Waals surface area contributed by atoms with Gasteiger partial charge >= 0.3 is 5.97 Å². The molecule has 0 saturated carbocycles. The molecule has 0 aromatic carbocycles. The van der Waals surface area contributed by atoms with Crippen LogP contribution in [0.3, 0.4) is 0 Å². The number of rotatable bonds is 2. The maximum Gasteiger partial charge on any atom is 0.311 e. The second kappa shape index (κ2) is 4.70. The van der Waals surface area contributed by atoms with Crippen molar-refractivity contribution in [1.29, 1.82) is 0 Å². The zero-order chi connectivity index (χ0) is 11.6. The van der Waals surface area contributed by atoms with Crippen molar-refractivity contribution >= 4 is 17.7 Å². The smallest absolute Gasteiger partial charge is 0.311 e. The van der Waals surface area contributed by atoms with Gasteiger partial charge in [0.2, 0.25) is 0 Å². The molecule has 3 atom stereocenters. The molecule has 3 nitrogen and oxygen atoms in total. The van der Waals surface area contributed by atoms with Gasteiger partial charge < -0.3 is 9.84 Å². The molecule has 0 radical (unpaired) electrons. The van der Waals surface area contributed by atoms with Crippen molar-refractivity contribution in [2.45, 2.75) is 44.0 Å². The summed E-state index contributed by atoms with van der Waals surface area (Å²) in [5.74, 6) is -0.292. The largest absolute Gasteiger partial charge is 0.464 e. The number of esters is 1. The van der Waals surface area contributed by atoms with Gasteiger partial charge in [-0.25, -0.2) is 4.39 Å². The van der Waals surface area contributed by atoms with Crippen LogP contribution in [0.5, 0.6) is 0 Å². The Morgan fingerprint density at radius 3 is 2.60 bits per heavy atom. The third kappa shape index (κ3) is 3.65. The number of ether oxygens (including phenoxy) is 1. The van der Waals surface area contributed by atoms with Crippen molar-refractivity contribution in [2.24, 2.45) is 5.41 Å². The van der Waals surface area contributed by atoms with Crippen molar-refractivity contribution in [2.75, 3.05) is 6.61 Å². The SMILES string of the molecule is CC(C)(C)C(=O)OC[C@@H]1C[C@H](F)C(O)S1. The summed E-state index contributed by atoms with van der Waals surface area (Å²) in [6.07, 6.45) is -0.947. The van der Waals surface area contributed by atoms with Gasteiger partial charge in [-0.1, -0.05) is 0 Å². The van der Waals surface area contributed by atoms with Gasteiger partial charge in [-0.2, -0.15) is 0 Å². The molecule has 0 spiro atoms. The van der Waals surface area contributed by atoms with Crippen molar-refractivity contribution in [3.05, 3.63) is 0 Å². The van der Waals surface area contributed by atoms with Crippen LogP contribution in [-0.2, 0) is 9.53 Å². The number of aliphatic hydroxyl groups is 1. The summed E-state index contributed by atoms with van der Waals surface area (Å²) in [5.41, 5.74) is -1.50. The number of hydrogen-bond donors (Lipinski definition) is 1. The van der Waals surface area contributed by atoms with Gasteiger partial charge in [0, 0.05) is 5.25 Å². The zero-order valence-corrected chi connectivity index (χ0v) is 10.0. The van der Waals surface area contributed by atoms with E-state index in [1.54, 1.807) is 20.8 Å². The first kappa shape index (κ1) is 12.8. The first-order valence-corrected chi connectivity index (χ1v) is 5.90. The molecule has 0 aromatic rings. The van der Waals surface area contributed by atoms with Crippen molar-refractivity contribution in [3.8, 4) is 0 Å². The van der Waals surface area contributed by atoms with Gasteiger partial charge in [-0.05, 0) is 27.2 Å². The molecular weight excluding hydrogens is 219 g/mol. The molecule has 88 valence electrons. The van der Waals surface area contributed by atoms with Crippen molar-refractivity contribution in [3.63, 3.8) is 0 Å². The Morgan fingerprint density at radius 1 is 1.60 bits per heavy atom. The van der Waals surface area contributed by atoms with E-state index in [1.165, 1.54) is 0 Å². The van der Waals surface area contributed by atoms with Crippen LogP contribution in [0.4, 0.5) is 4.39 Å². The van der Waals surface area contributed by atoms with Crippen molar-refractivity contribution in [1.82, 2.24) is 0 Å². The quantitative estimate of drug-likeness (QED) is 0.742. The number of halogens is 1. The molecule has 1 aliphatic rings. The van der Waals surface area contributed by atoms with Gasteiger partial charge in [0.15, 0.2) is 0 Å². The van der Waals surface area contributed by atoms with Crippen LogP contribution >= 0.6 is 11.8 Å². The molecule has 0 aromatic heterocycles. The first-order chi connectivity index (χ1) is 6.80. The average Bonchev–Trinajstić information content (AvgIpc) is 2.41. The molecular formula is C10H17FO3S. The van der Waals surface area contributed by atoms with E-state index in [1.807, 2.05) is 0 Å². The minimum absolute atomic E-state index is 0.124. The molecule has 1 unspecified atom stereocenters. The molecule has 0 aliphatic carbocycles. The maximum absolute atomic E-state index is 12.9. The Bertz CT molecular complexity index is 229. The van der Waals surface area contributed by atoms with Crippen LogP contribution in [0.2, 0.25) is 0 Å². The third-order valence-electron chi connectivity index (χ3n) is 2.14. The standard InChI is InChI=1S/C10H17FO3S/c1-10(2,3)9(13)14-5-6-4-7(11)8(12)15-6/h6-8,12H,4-5H2,1-3H3/t6-,7-,8?/m0/s1. The maximum atomic E-state index is 12.9. The van der Waals surface area contributed by atoms with E-state index in [0.717, 1.165) is 11.8 Å². The molecule has 1 N–H and O–H groups in total. The fourth-order valence-electron chi connectivity index (χ4n) is 1.20. The lowest BCUT2D eigenvalue weighted by Gasteiger charge is -2.18. The summed E-state index contributed by atoms with van der Waals surface area (Å²) in [5, 5.41) is 9.02. The van der Waals surface area contributed by atoms with E-state index in [4.69, 9.17) is 9.84 Å². The number of alkyl halides is 1. The molecule has 0 amide bonds. The van der Waals surface area contributed by atoms with Crippen LogP contribution in [0.15, 0.2) is 0 Å². The van der Waals surface area contributed by atoms with Crippen LogP contribution in [0.25, 0.3) is 0 Å². The lowest BCUT2D eigenvalue weighted by Crippen LogP contribution is -2.25. The number of hydrogen-bond acceptors (Lipinski definition) is 4. The lowest BCUT2D eigenvalue weighted by molar-refractivity contribution is -0.152. The monoisotopic (exact) mass is 236 g/mol. The van der Waals surface area contributed by atoms with Gasteiger partial charge in [-0.3, -0.25) is 4.79 Å². The molecule has 1 heterocycles. The topological polar surface area (TPSA) is 46.5 Å². The summed E-state index contributed by atoms with van der Waals surface area (Å²) >= 11 is 1.13. The van der Waals surface area contributed by atoms with E-state index in [9.17, 15) is 9.18 Å². The summed E-state index contributed by atoms with van der Waals surface area (Å²) in [4.78, 5) is 11.4. The Kier molecular flexibility index (Phi) is 4.00. The third-order valence-corrected chi connectivity index (χ3v) is 3.43. The highest BCUT2D eigenvalue weighted by Crippen LogP contribution is 2.34. The number of carbonyl (C=O) groups excluding carboxylic acids is 1. The Balaban J connectivity index is 2.30. The lowest BCUT2D eigenvalue weighted by atomic mass is 9.97. The number of carbonyl (C=O) groups is 1. The highest BCUT2D eigenvalue weighted by Gasteiger charge is 2.35. The highest BCUT2D eigenvalue weighted by molar-refractivity contribution is 8.00. The minimum Gasteiger partial charge on any atom is -0.464 e. The van der Waals surface area contributed by atoms with Crippen LogP contribution in [0, 0.1) is 5.41 Å². The van der Waals surface area contributed by atoms with Gasteiger partial charge in [0.1, 0.15) is 18.2 Å². The van der Waals surface area contributed by atoms with Crippen molar-refractivity contribution < 1.29 is 19.0 Å². The van der Waals surface area contributed by atoms with Gasteiger partial charge in [0.05, 0.1) is 5.41 Å². The second-order valence-corrected chi connectivity index (χ2v) is 6.17. The molecule has 1 rings (SSSR count). The molecule has 15 heavy (non-hydrogen) atoms. The zero-order valence-electron chi connectivity index (χ0n) is 9.20. The summed E-state index contributed by atoms with van der Waals surface area (Å²) in [7, 11) is 0. The van der Waals surface area contributed by atoms with E-state index in [-0.39, 0.29) is 24.2 Å². The van der Waals surface area contributed by atoms with Gasteiger partial charge in [-0.15, -0.1) is 11.8 Å². The van der Waals surface area contributed by atoms with E-state index >= 15 is 0 Å². The van der Waals surface area contributed by atoms with Crippen LogP contribution in [-0.4, -0.2) is 34.5 Å². The number of aliphatic hydroxyl groups excluding tert-OH is 1. The normalized spacial score (nSPS) is 31.7. The Morgan fingerprint density at radius 2 is 2.20 bits per heavy atom. The molecule has 1 saturated heterocycles. The van der Waals surface area contributed by atoms with Gasteiger partial charge in [0.25, 0.3) is 0 Å². The Labute approximate surface area is 93.4 Å². The molecule has 1 fully saturated rings. The summed E-state index contributed by atoms with van der Waals surface area (Å²) in [6, 6.07) is 0. The average molecular weight is 236 g/mol. The first-order valence-electron chi connectivity index (χ1n) is 4.95. The second-order valence-electron chi connectivity index (χ2n) is 4.75. The highest BCUT2D eigenvalue weighted by atomic mass is 32.2. The van der Waals surface area contributed by atoms with E-state index < -0.39 is 17.0 Å². The van der Waals surface area contributed by atoms with Crippen LogP contribution in [0.1, 0.15) is 27.2 Å². The summed E-state index contributed by atoms with van der Waals surface area (Å²) < 4.78 is 18.0. The Hall–Kier alpha value is -0.290. The van der Waals surface area contributed by atoms with E-state index in [2.05, 4.69) is 0 Å². The predicted molar refractivity (Wildman–Crippen MR) is 57.3 cm³/mol.